The van der Waals surface area contributed by atoms with E-state index in [-0.39, 0.29) is 0 Å². The van der Waals surface area contributed by atoms with Crippen LogP contribution >= 0.6 is 15.9 Å². The second-order valence-electron chi connectivity index (χ2n) is 4.11. The van der Waals surface area contributed by atoms with Gasteiger partial charge in [-0.05, 0) is 28.1 Å². The SMILES string of the molecule is FC1(F)C2CN(c3cccc(Br)n3)CC21. The lowest BCUT2D eigenvalue weighted by atomic mass is 10.4. The van der Waals surface area contributed by atoms with E-state index in [9.17, 15) is 8.78 Å². The average molecular weight is 275 g/mol. The Morgan fingerprint density at radius 3 is 2.60 bits per heavy atom. The molecule has 0 aromatic carbocycles. The van der Waals surface area contributed by atoms with Crippen LogP contribution in [0.15, 0.2) is 22.8 Å². The van der Waals surface area contributed by atoms with E-state index >= 15 is 0 Å². The lowest BCUT2D eigenvalue weighted by Gasteiger charge is -2.20. The molecule has 2 nitrogen and oxygen atoms in total. The molecule has 80 valence electrons. The van der Waals surface area contributed by atoms with Crippen molar-refractivity contribution in [1.82, 2.24) is 4.98 Å². The number of hydrogen-bond donors (Lipinski definition) is 0. The van der Waals surface area contributed by atoms with Crippen LogP contribution in [0.4, 0.5) is 14.6 Å². The van der Waals surface area contributed by atoms with Crippen LogP contribution < -0.4 is 4.90 Å². The molecule has 1 aromatic heterocycles. The van der Waals surface area contributed by atoms with Crippen molar-refractivity contribution in [3.63, 3.8) is 0 Å². The highest BCUT2D eigenvalue weighted by Crippen LogP contribution is 2.59. The summed E-state index contributed by atoms with van der Waals surface area (Å²) in [6, 6.07) is 5.55. The summed E-state index contributed by atoms with van der Waals surface area (Å²) < 4.78 is 26.6. The summed E-state index contributed by atoms with van der Waals surface area (Å²) in [5, 5.41) is 0. The van der Waals surface area contributed by atoms with Gasteiger partial charge in [-0.15, -0.1) is 0 Å². The first-order chi connectivity index (χ1) is 7.09. The molecule has 2 aliphatic rings. The van der Waals surface area contributed by atoms with Crippen molar-refractivity contribution >= 4 is 21.7 Å². The highest BCUT2D eigenvalue weighted by atomic mass is 79.9. The zero-order chi connectivity index (χ0) is 10.6. The van der Waals surface area contributed by atoms with E-state index in [1.807, 2.05) is 23.1 Å². The van der Waals surface area contributed by atoms with Crippen LogP contribution in [-0.2, 0) is 0 Å². The van der Waals surface area contributed by atoms with E-state index in [1.165, 1.54) is 0 Å². The van der Waals surface area contributed by atoms with Crippen LogP contribution in [0.1, 0.15) is 0 Å². The van der Waals surface area contributed by atoms with Gasteiger partial charge >= 0.3 is 0 Å². The predicted molar refractivity (Wildman–Crippen MR) is 56.1 cm³/mol. The van der Waals surface area contributed by atoms with Gasteiger partial charge in [-0.3, -0.25) is 0 Å². The molecule has 3 rings (SSSR count). The molecule has 2 fully saturated rings. The maximum Gasteiger partial charge on any atom is 0.258 e. The number of fused-ring (bicyclic) bond motifs is 1. The third-order valence-electron chi connectivity index (χ3n) is 3.22. The minimum atomic E-state index is -2.41. The van der Waals surface area contributed by atoms with Crippen molar-refractivity contribution < 1.29 is 8.78 Å². The highest BCUT2D eigenvalue weighted by molar-refractivity contribution is 9.10. The monoisotopic (exact) mass is 274 g/mol. The zero-order valence-electron chi connectivity index (χ0n) is 7.83. The van der Waals surface area contributed by atoms with Crippen LogP contribution in [0.25, 0.3) is 0 Å². The van der Waals surface area contributed by atoms with Crippen LogP contribution in [0, 0.1) is 11.8 Å². The standard InChI is InChI=1S/C10H9BrF2N2/c11-8-2-1-3-9(14-8)15-4-6-7(5-15)10(6,12)13/h1-3,6-7H,4-5H2. The Morgan fingerprint density at radius 2 is 2.00 bits per heavy atom. The zero-order valence-corrected chi connectivity index (χ0v) is 9.42. The molecule has 15 heavy (non-hydrogen) atoms. The van der Waals surface area contributed by atoms with E-state index in [4.69, 9.17) is 0 Å². The molecule has 0 N–H and O–H groups in total. The van der Waals surface area contributed by atoms with Gasteiger partial charge in [-0.2, -0.15) is 0 Å². The molecule has 2 atom stereocenters. The van der Waals surface area contributed by atoms with Gasteiger partial charge in [0.2, 0.25) is 0 Å². The fraction of sp³-hybridized carbons (Fsp3) is 0.500. The molecule has 0 radical (unpaired) electrons. The molecule has 0 bridgehead atoms. The maximum atomic E-state index is 13.0. The third-order valence-corrected chi connectivity index (χ3v) is 3.67. The fourth-order valence-electron chi connectivity index (χ4n) is 2.27. The Hall–Kier alpha value is -0.710. The summed E-state index contributed by atoms with van der Waals surface area (Å²) >= 11 is 3.27. The van der Waals surface area contributed by atoms with Gasteiger partial charge in [0.25, 0.3) is 5.92 Å². The second-order valence-corrected chi connectivity index (χ2v) is 4.92. The Labute approximate surface area is 94.4 Å². The Morgan fingerprint density at radius 1 is 1.33 bits per heavy atom. The number of alkyl halides is 2. The largest absolute Gasteiger partial charge is 0.356 e. The third kappa shape index (κ3) is 1.36. The van der Waals surface area contributed by atoms with Gasteiger partial charge in [-0.25, -0.2) is 13.8 Å². The molecule has 1 aliphatic heterocycles. The minimum absolute atomic E-state index is 0.432. The minimum Gasteiger partial charge on any atom is -0.356 e. The van der Waals surface area contributed by atoms with E-state index < -0.39 is 17.8 Å². The smallest absolute Gasteiger partial charge is 0.258 e. The molecule has 2 unspecified atom stereocenters. The first-order valence-electron chi connectivity index (χ1n) is 4.84. The van der Waals surface area contributed by atoms with Crippen molar-refractivity contribution in [3.05, 3.63) is 22.8 Å². The Bertz CT molecular complexity index is 396. The number of rotatable bonds is 1. The molecular weight excluding hydrogens is 266 g/mol. The molecule has 1 aliphatic carbocycles. The summed E-state index contributed by atoms with van der Waals surface area (Å²) in [5.74, 6) is -2.52. The van der Waals surface area contributed by atoms with Crippen LogP contribution in [-0.4, -0.2) is 24.0 Å². The van der Waals surface area contributed by atoms with E-state index in [0.717, 1.165) is 10.4 Å². The van der Waals surface area contributed by atoms with Gasteiger partial charge < -0.3 is 4.90 Å². The number of aromatic nitrogens is 1. The lowest BCUT2D eigenvalue weighted by Crippen LogP contribution is -2.27. The van der Waals surface area contributed by atoms with Crippen LogP contribution in [0.3, 0.4) is 0 Å². The molecule has 1 saturated carbocycles. The van der Waals surface area contributed by atoms with Crippen molar-refractivity contribution in [1.29, 1.82) is 0 Å². The van der Waals surface area contributed by atoms with Crippen molar-refractivity contribution in [3.8, 4) is 0 Å². The maximum absolute atomic E-state index is 13.0. The summed E-state index contributed by atoms with van der Waals surface area (Å²) in [6.07, 6.45) is 0. The second kappa shape index (κ2) is 2.90. The Kier molecular flexibility index (Phi) is 1.84. The lowest BCUT2D eigenvalue weighted by molar-refractivity contribution is 0.0797. The molecule has 1 aromatic rings. The number of anilines is 1. The van der Waals surface area contributed by atoms with Crippen molar-refractivity contribution in [2.24, 2.45) is 11.8 Å². The quantitative estimate of drug-likeness (QED) is 0.732. The average Bonchev–Trinajstić information content (AvgIpc) is 2.63. The summed E-state index contributed by atoms with van der Waals surface area (Å²) in [7, 11) is 0. The van der Waals surface area contributed by atoms with E-state index in [0.29, 0.717) is 13.1 Å². The molecule has 2 heterocycles. The fourth-order valence-corrected chi connectivity index (χ4v) is 2.60. The molecule has 0 spiro atoms. The van der Waals surface area contributed by atoms with Gasteiger partial charge in [0.15, 0.2) is 0 Å². The summed E-state index contributed by atoms with van der Waals surface area (Å²) in [5.41, 5.74) is 0. The first kappa shape index (κ1) is 9.51. The number of halogens is 3. The number of pyridine rings is 1. The van der Waals surface area contributed by atoms with Gasteiger partial charge in [-0.1, -0.05) is 6.07 Å². The normalized spacial score (nSPS) is 31.5. The van der Waals surface area contributed by atoms with Crippen LogP contribution in [0.2, 0.25) is 0 Å². The molecular formula is C10H9BrF2N2. The number of hydrogen-bond acceptors (Lipinski definition) is 2. The van der Waals surface area contributed by atoms with Crippen molar-refractivity contribution in [2.75, 3.05) is 18.0 Å². The summed E-state index contributed by atoms with van der Waals surface area (Å²) in [6.45, 7) is 0.863. The topological polar surface area (TPSA) is 16.1 Å². The molecule has 5 heteroatoms. The van der Waals surface area contributed by atoms with Crippen molar-refractivity contribution in [2.45, 2.75) is 5.92 Å². The van der Waals surface area contributed by atoms with Gasteiger partial charge in [0.1, 0.15) is 10.4 Å². The molecule has 1 saturated heterocycles. The highest BCUT2D eigenvalue weighted by Gasteiger charge is 2.71. The van der Waals surface area contributed by atoms with E-state index in [1.54, 1.807) is 0 Å². The summed E-state index contributed by atoms with van der Waals surface area (Å²) in [4.78, 5) is 6.18. The molecule has 0 amide bonds. The predicted octanol–water partition coefficient (Wildman–Crippen LogP) is 2.55. The Balaban J connectivity index is 1.78. The van der Waals surface area contributed by atoms with Crippen LogP contribution in [0.5, 0.6) is 0 Å². The first-order valence-corrected chi connectivity index (χ1v) is 5.63. The van der Waals surface area contributed by atoms with E-state index in [2.05, 4.69) is 20.9 Å². The van der Waals surface area contributed by atoms with Gasteiger partial charge in [0, 0.05) is 13.1 Å². The van der Waals surface area contributed by atoms with Gasteiger partial charge in [0.05, 0.1) is 11.8 Å². The number of piperidine rings is 1. The number of nitrogens with zero attached hydrogens (tertiary/aromatic N) is 2.